The molecule has 0 bridgehead atoms. The minimum absolute atomic E-state index is 0.0144. The molecule has 150 valence electrons. The number of carbonyl (C=O) groups is 1. The van der Waals surface area contributed by atoms with E-state index in [1.807, 2.05) is 4.90 Å². The average molecular weight is 389 g/mol. The number of piperidine rings is 1. The van der Waals surface area contributed by atoms with E-state index >= 15 is 0 Å². The summed E-state index contributed by atoms with van der Waals surface area (Å²) in [6.45, 7) is 8.36. The van der Waals surface area contributed by atoms with Gasteiger partial charge >= 0.3 is 0 Å². The molecule has 1 saturated heterocycles. The van der Waals surface area contributed by atoms with Gasteiger partial charge in [0.15, 0.2) is 0 Å². The maximum absolute atomic E-state index is 13.6. The highest BCUT2D eigenvalue weighted by Gasteiger charge is 2.58. The van der Waals surface area contributed by atoms with E-state index in [1.54, 1.807) is 6.20 Å². The Hall–Kier alpha value is -2.51. The fourth-order valence-corrected chi connectivity index (χ4v) is 4.29. The first-order valence-electron chi connectivity index (χ1n) is 9.71. The molecule has 8 heteroatoms. The van der Waals surface area contributed by atoms with Crippen LogP contribution in [0.4, 0.5) is 14.6 Å². The highest BCUT2D eigenvalue weighted by atomic mass is 19.3. The molecule has 1 unspecified atom stereocenters. The number of hydrogen-bond acceptors (Lipinski definition) is 4. The third-order valence-electron chi connectivity index (χ3n) is 5.90. The number of carbonyl (C=O) groups excluding carboxylic acids is 1. The third-order valence-corrected chi connectivity index (χ3v) is 5.90. The highest BCUT2D eigenvalue weighted by Crippen LogP contribution is 2.57. The van der Waals surface area contributed by atoms with Gasteiger partial charge in [-0.05, 0) is 30.4 Å². The van der Waals surface area contributed by atoms with E-state index in [2.05, 4.69) is 40.7 Å². The van der Waals surface area contributed by atoms with Crippen LogP contribution in [-0.4, -0.2) is 50.3 Å². The second-order valence-corrected chi connectivity index (χ2v) is 8.13. The van der Waals surface area contributed by atoms with Gasteiger partial charge in [-0.1, -0.05) is 20.4 Å². The fraction of sp³-hybridized carbons (Fsp3) is 0.550. The van der Waals surface area contributed by atoms with Gasteiger partial charge in [0.25, 0.3) is 5.92 Å². The molecule has 3 atom stereocenters. The van der Waals surface area contributed by atoms with E-state index in [1.165, 1.54) is 12.4 Å². The maximum atomic E-state index is 13.6. The van der Waals surface area contributed by atoms with Gasteiger partial charge in [-0.3, -0.25) is 4.79 Å². The quantitative estimate of drug-likeness (QED) is 0.765. The summed E-state index contributed by atoms with van der Waals surface area (Å²) in [6, 6.07) is 0.154. The molecule has 28 heavy (non-hydrogen) atoms. The Balaban J connectivity index is 1.59. The molecule has 6 nitrogen and oxygen atoms in total. The molecule has 1 saturated carbocycles. The van der Waals surface area contributed by atoms with Gasteiger partial charge in [0.1, 0.15) is 17.8 Å². The Bertz CT molecular complexity index is 909. The van der Waals surface area contributed by atoms with E-state index in [4.69, 9.17) is 0 Å². The number of fused-ring (bicyclic) bond motifs is 1. The molecule has 2 N–H and O–H groups in total. The topological polar surface area (TPSA) is 73.9 Å². The van der Waals surface area contributed by atoms with Crippen molar-refractivity contribution in [1.29, 1.82) is 0 Å². The summed E-state index contributed by atoms with van der Waals surface area (Å²) in [6.07, 6.45) is 5.97. The highest BCUT2D eigenvalue weighted by molar-refractivity contribution is 5.91. The van der Waals surface area contributed by atoms with Gasteiger partial charge in [0.2, 0.25) is 5.91 Å². The molecule has 0 radical (unpaired) electrons. The van der Waals surface area contributed by atoms with Crippen LogP contribution in [0.5, 0.6) is 0 Å². The zero-order valence-electron chi connectivity index (χ0n) is 16.1. The lowest BCUT2D eigenvalue weighted by molar-refractivity contribution is -0.130. The minimum Gasteiger partial charge on any atom is -0.365 e. The minimum atomic E-state index is -2.66. The van der Waals surface area contributed by atoms with Crippen LogP contribution >= 0.6 is 0 Å². The first-order valence-corrected chi connectivity index (χ1v) is 9.71. The lowest BCUT2D eigenvalue weighted by Gasteiger charge is -2.41. The molecule has 0 spiro atoms. The number of rotatable bonds is 5. The van der Waals surface area contributed by atoms with Crippen LogP contribution in [0.25, 0.3) is 11.0 Å². The van der Waals surface area contributed by atoms with Crippen LogP contribution < -0.4 is 5.32 Å². The molecule has 3 heterocycles. The smallest absolute Gasteiger partial charge is 0.256 e. The van der Waals surface area contributed by atoms with E-state index in [0.29, 0.717) is 34.9 Å². The summed E-state index contributed by atoms with van der Waals surface area (Å²) < 4.78 is 27.3. The van der Waals surface area contributed by atoms with Crippen molar-refractivity contribution in [2.45, 2.75) is 57.0 Å². The van der Waals surface area contributed by atoms with Crippen LogP contribution in [-0.2, 0) is 4.79 Å². The summed E-state index contributed by atoms with van der Waals surface area (Å²) in [4.78, 5) is 25.7. The number of amides is 1. The molecular weight excluding hydrogens is 364 g/mol. The van der Waals surface area contributed by atoms with Crippen LogP contribution in [0.3, 0.4) is 0 Å². The average Bonchev–Trinajstić information content (AvgIpc) is 3.10. The van der Waals surface area contributed by atoms with Crippen LogP contribution in [0.1, 0.15) is 44.6 Å². The standard InChI is InChI=1S/C20H25F2N5O/c1-4-16(28)27-9-12(5-6-15(27)11(2)3)26-19-17-13(14-7-20(14,21)22)8-23-18(17)24-10-25-19/h4,8,10-12,14-15H,1,5-7,9H2,2-3H3,(H2,23,24,25,26)/t12-,14+,15?/m0/s1. The summed E-state index contributed by atoms with van der Waals surface area (Å²) in [5.74, 6) is -2.64. The van der Waals surface area contributed by atoms with Gasteiger partial charge in [-0.25, -0.2) is 18.7 Å². The molecule has 2 aliphatic rings. The van der Waals surface area contributed by atoms with Crippen molar-refractivity contribution in [3.8, 4) is 0 Å². The number of alkyl halides is 2. The summed E-state index contributed by atoms with van der Waals surface area (Å²) in [5, 5.41) is 4.01. The molecule has 2 fully saturated rings. The number of halogens is 2. The molecule has 1 amide bonds. The SMILES string of the molecule is C=CC(=O)N1C[C@@H](Nc2ncnc3[nH]cc([C@H]4CC4(F)F)c23)CCC1C(C)C. The largest absolute Gasteiger partial charge is 0.365 e. The third kappa shape index (κ3) is 3.25. The second kappa shape index (κ2) is 6.83. The van der Waals surface area contributed by atoms with E-state index in [-0.39, 0.29) is 24.4 Å². The number of anilines is 1. The molecular formula is C20H25F2N5O. The number of hydrogen-bond donors (Lipinski definition) is 2. The molecule has 1 aliphatic heterocycles. The molecule has 0 aromatic carbocycles. The second-order valence-electron chi connectivity index (χ2n) is 8.13. The number of likely N-dealkylation sites (tertiary alicyclic amines) is 1. The maximum Gasteiger partial charge on any atom is 0.256 e. The monoisotopic (exact) mass is 389 g/mol. The lowest BCUT2D eigenvalue weighted by Crippen LogP contribution is -2.52. The van der Waals surface area contributed by atoms with E-state index in [0.717, 1.165) is 12.8 Å². The Morgan fingerprint density at radius 2 is 2.18 bits per heavy atom. The van der Waals surface area contributed by atoms with Gasteiger partial charge < -0.3 is 15.2 Å². The number of nitrogens with zero attached hydrogens (tertiary/aromatic N) is 3. The summed E-state index contributed by atoms with van der Waals surface area (Å²) in [5.41, 5.74) is 1.10. The van der Waals surface area contributed by atoms with Gasteiger partial charge in [-0.15, -0.1) is 0 Å². The van der Waals surface area contributed by atoms with Crippen LogP contribution in [0.15, 0.2) is 25.2 Å². The Kier molecular flexibility index (Phi) is 4.59. The van der Waals surface area contributed by atoms with Crippen molar-refractivity contribution >= 4 is 22.8 Å². The number of aromatic amines is 1. The van der Waals surface area contributed by atoms with Gasteiger partial charge in [-0.2, -0.15) is 0 Å². The van der Waals surface area contributed by atoms with Crippen molar-refractivity contribution < 1.29 is 13.6 Å². The van der Waals surface area contributed by atoms with Crippen molar-refractivity contribution in [3.63, 3.8) is 0 Å². The summed E-state index contributed by atoms with van der Waals surface area (Å²) >= 11 is 0. The molecule has 2 aromatic heterocycles. The summed E-state index contributed by atoms with van der Waals surface area (Å²) in [7, 11) is 0. The normalized spacial score (nSPS) is 26.5. The zero-order valence-corrected chi connectivity index (χ0v) is 16.1. The Morgan fingerprint density at radius 1 is 1.43 bits per heavy atom. The van der Waals surface area contributed by atoms with E-state index < -0.39 is 11.8 Å². The molecule has 4 rings (SSSR count). The van der Waals surface area contributed by atoms with Crippen molar-refractivity contribution in [2.24, 2.45) is 5.92 Å². The van der Waals surface area contributed by atoms with Crippen molar-refractivity contribution in [1.82, 2.24) is 19.9 Å². The Labute approximate surface area is 162 Å². The Morgan fingerprint density at radius 3 is 2.82 bits per heavy atom. The van der Waals surface area contributed by atoms with Crippen LogP contribution in [0.2, 0.25) is 0 Å². The first kappa shape index (κ1) is 18.8. The van der Waals surface area contributed by atoms with Crippen molar-refractivity contribution in [2.75, 3.05) is 11.9 Å². The van der Waals surface area contributed by atoms with Crippen LogP contribution in [0, 0.1) is 5.92 Å². The zero-order chi connectivity index (χ0) is 20.1. The predicted molar refractivity (Wildman–Crippen MR) is 103 cm³/mol. The first-order chi connectivity index (χ1) is 13.3. The number of nitrogens with one attached hydrogen (secondary N) is 2. The van der Waals surface area contributed by atoms with Crippen molar-refractivity contribution in [3.05, 3.63) is 30.7 Å². The lowest BCUT2D eigenvalue weighted by atomic mass is 9.90. The fourth-order valence-electron chi connectivity index (χ4n) is 4.29. The predicted octanol–water partition coefficient (Wildman–Crippen LogP) is 3.69. The van der Waals surface area contributed by atoms with Gasteiger partial charge in [0.05, 0.1) is 11.3 Å². The number of aromatic nitrogens is 3. The van der Waals surface area contributed by atoms with Gasteiger partial charge in [0, 0.05) is 31.2 Å². The number of H-pyrrole nitrogens is 1. The molecule has 2 aromatic rings. The molecule has 1 aliphatic carbocycles. The van der Waals surface area contributed by atoms with E-state index in [9.17, 15) is 13.6 Å².